The average Bonchev–Trinajstić information content (AvgIpc) is 1.50. The van der Waals surface area contributed by atoms with Crippen LogP contribution in [0.5, 0.6) is 23.0 Å². The minimum Gasteiger partial charge on any atom is -0.490 e. The molecule has 1 aliphatic rings. The van der Waals surface area contributed by atoms with Gasteiger partial charge in [-0.3, -0.25) is 9.97 Å². The van der Waals surface area contributed by atoms with Gasteiger partial charge in [-0.05, 0) is 65.2 Å². The van der Waals surface area contributed by atoms with E-state index in [0.29, 0.717) is 177 Å². The molecular formula is C75H84N2O16. The fourth-order valence-electron chi connectivity index (χ4n) is 8.56. The van der Waals surface area contributed by atoms with E-state index in [1.165, 1.54) is 0 Å². The van der Waals surface area contributed by atoms with Crippen molar-refractivity contribution in [1.82, 2.24) is 9.97 Å². The molecule has 0 saturated carbocycles. The van der Waals surface area contributed by atoms with Crippen molar-refractivity contribution in [3.05, 3.63) is 196 Å². The minimum atomic E-state index is 0.0618. The van der Waals surface area contributed by atoms with Crippen molar-refractivity contribution in [3.63, 3.8) is 0 Å². The standard InChI is InChI=1S/C75H84N2O16/c1-78-31-35-82-39-43-86-47-51-90-72-58-70(19-11-62-23-27-76-28-24-62)74(92-53-49-88-45-41-84-37-33-80-3)56-68(72)17-9-60-5-13-64(14-6-60)66-21-22-67(55-66)65-15-7-61(8-16-65)10-18-69-57-75(93-54-50-89-46-42-85-38-34-81-4)71(20-12-63-25-29-77-30-26-63)59-73(69)91-52-48-87-44-40-83-36-32-79-2/h5-8,13-16,21-30,55-59,66H,31-54H2,1-4H3. The molecule has 0 N–H and O–H groups in total. The number of benzene rings is 4. The smallest absolute Gasteiger partial charge is 0.136 e. The maximum Gasteiger partial charge on any atom is 0.136 e. The number of aromatic nitrogens is 2. The topological polar surface area (TPSA) is 173 Å². The quantitative estimate of drug-likeness (QED) is 0.0262. The van der Waals surface area contributed by atoms with Crippen LogP contribution in [-0.2, 0) is 56.8 Å². The third-order valence-electron chi connectivity index (χ3n) is 13.4. The van der Waals surface area contributed by atoms with Crippen LogP contribution in [0.4, 0.5) is 0 Å². The third kappa shape index (κ3) is 28.2. The van der Waals surface area contributed by atoms with Gasteiger partial charge in [0.05, 0.1) is 154 Å². The van der Waals surface area contributed by atoms with Crippen LogP contribution in [0, 0.1) is 47.4 Å². The fourth-order valence-corrected chi connectivity index (χ4v) is 8.56. The molecule has 0 radical (unpaired) electrons. The number of pyridine rings is 2. The second-order valence-corrected chi connectivity index (χ2v) is 20.1. The number of nitrogens with zero attached hydrogens (tertiary/aromatic N) is 2. The molecule has 0 bridgehead atoms. The van der Waals surface area contributed by atoms with Gasteiger partial charge in [-0.1, -0.05) is 89.9 Å². The molecule has 2 aromatic heterocycles. The molecule has 0 aliphatic heterocycles. The first kappa shape index (κ1) is 72.1. The Labute approximate surface area is 548 Å². The van der Waals surface area contributed by atoms with Gasteiger partial charge in [0, 0.05) is 106 Å². The highest BCUT2D eigenvalue weighted by molar-refractivity contribution is 5.78. The maximum atomic E-state index is 6.35. The molecule has 0 fully saturated rings. The van der Waals surface area contributed by atoms with Gasteiger partial charge in [0.15, 0.2) is 0 Å². The predicted molar refractivity (Wildman–Crippen MR) is 354 cm³/mol. The van der Waals surface area contributed by atoms with Crippen molar-refractivity contribution in [1.29, 1.82) is 0 Å². The molecule has 93 heavy (non-hydrogen) atoms. The molecule has 2 heterocycles. The van der Waals surface area contributed by atoms with Crippen LogP contribution >= 0.6 is 0 Å². The predicted octanol–water partition coefficient (Wildman–Crippen LogP) is 9.05. The van der Waals surface area contributed by atoms with Gasteiger partial charge < -0.3 is 75.8 Å². The highest BCUT2D eigenvalue weighted by atomic mass is 16.6. The summed E-state index contributed by atoms with van der Waals surface area (Å²) in [6, 6.07) is 31.4. The first-order valence-corrected chi connectivity index (χ1v) is 31.0. The zero-order valence-electron chi connectivity index (χ0n) is 53.8. The van der Waals surface area contributed by atoms with E-state index in [-0.39, 0.29) is 32.3 Å². The van der Waals surface area contributed by atoms with E-state index < -0.39 is 0 Å². The SMILES string of the molecule is COCCOCCOCCOc1cc(C#Cc2ccc(C3=CC(c4ccc(C#Cc5cc(OCCOCCOCCOC)c(C#Cc6ccncc6)cc5OCCOCCOCCOC)cc4)C=C3)cc2)c(OCCOCCOCCOC)cc1C#Cc1ccncc1. The van der Waals surface area contributed by atoms with Crippen molar-refractivity contribution < 1.29 is 75.8 Å². The summed E-state index contributed by atoms with van der Waals surface area (Å²) in [4.78, 5) is 8.26. The first-order chi connectivity index (χ1) is 46.0. The zero-order chi connectivity index (χ0) is 64.9. The van der Waals surface area contributed by atoms with Crippen molar-refractivity contribution in [3.8, 4) is 70.4 Å². The summed E-state index contributed by atoms with van der Waals surface area (Å²) in [5, 5.41) is 0. The number of ether oxygens (including phenoxy) is 16. The van der Waals surface area contributed by atoms with Crippen molar-refractivity contribution in [2.45, 2.75) is 5.92 Å². The van der Waals surface area contributed by atoms with Gasteiger partial charge in [-0.25, -0.2) is 0 Å². The van der Waals surface area contributed by atoms with E-state index in [2.05, 4.69) is 99.8 Å². The molecule has 0 saturated heterocycles. The summed E-state index contributed by atoms with van der Waals surface area (Å²) in [6.07, 6.45) is 13.4. The minimum absolute atomic E-state index is 0.0618. The number of rotatable bonds is 42. The van der Waals surface area contributed by atoms with Crippen LogP contribution in [-0.4, -0.2) is 197 Å². The second-order valence-electron chi connectivity index (χ2n) is 20.1. The van der Waals surface area contributed by atoms with Gasteiger partial charge in [-0.15, -0.1) is 0 Å². The Morgan fingerprint density at radius 3 is 0.871 bits per heavy atom. The molecule has 1 aliphatic carbocycles. The van der Waals surface area contributed by atoms with E-state index in [1.807, 2.05) is 72.8 Å². The molecule has 4 aromatic carbocycles. The second kappa shape index (κ2) is 45.0. The Balaban J connectivity index is 1.05. The lowest BCUT2D eigenvalue weighted by Crippen LogP contribution is -2.13. The summed E-state index contributed by atoms with van der Waals surface area (Å²) in [5.41, 5.74) is 9.06. The van der Waals surface area contributed by atoms with E-state index in [0.717, 1.165) is 39.0 Å². The highest BCUT2D eigenvalue weighted by Gasteiger charge is 2.16. The fraction of sp³-hybridized carbons (Fsp3) is 0.387. The number of hydrogen-bond donors (Lipinski definition) is 0. The largest absolute Gasteiger partial charge is 0.490 e. The maximum absolute atomic E-state index is 6.35. The lowest BCUT2D eigenvalue weighted by atomic mass is 9.98. The molecule has 0 amide bonds. The van der Waals surface area contributed by atoms with Crippen LogP contribution in [0.1, 0.15) is 61.6 Å². The van der Waals surface area contributed by atoms with Crippen LogP contribution in [0.3, 0.4) is 0 Å². The molecule has 1 atom stereocenters. The van der Waals surface area contributed by atoms with Gasteiger partial charge in [0.2, 0.25) is 0 Å². The highest BCUT2D eigenvalue weighted by Crippen LogP contribution is 2.33. The molecular weight excluding hydrogens is 1180 g/mol. The summed E-state index contributed by atoms with van der Waals surface area (Å²) in [7, 11) is 6.56. The first-order valence-electron chi connectivity index (χ1n) is 31.0. The molecule has 18 heteroatoms. The van der Waals surface area contributed by atoms with E-state index >= 15 is 0 Å². The molecule has 6 aromatic rings. The number of allylic oxidation sites excluding steroid dienone is 4. The molecule has 490 valence electrons. The molecule has 1 unspecified atom stereocenters. The van der Waals surface area contributed by atoms with Gasteiger partial charge in [0.25, 0.3) is 0 Å². The van der Waals surface area contributed by atoms with Crippen LogP contribution in [0.2, 0.25) is 0 Å². The van der Waals surface area contributed by atoms with Gasteiger partial charge in [0.1, 0.15) is 49.4 Å². The molecule has 18 nitrogen and oxygen atoms in total. The van der Waals surface area contributed by atoms with E-state index in [9.17, 15) is 0 Å². The Morgan fingerprint density at radius 2 is 0.570 bits per heavy atom. The summed E-state index contributed by atoms with van der Waals surface area (Å²) in [5.74, 6) is 28.7. The Hall–Kier alpha value is -8.38. The third-order valence-corrected chi connectivity index (χ3v) is 13.4. The van der Waals surface area contributed by atoms with Crippen LogP contribution in [0.15, 0.2) is 140 Å². The monoisotopic (exact) mass is 1270 g/mol. The molecule has 0 spiro atoms. The van der Waals surface area contributed by atoms with Crippen molar-refractivity contribution in [2.24, 2.45) is 0 Å². The van der Waals surface area contributed by atoms with Gasteiger partial charge >= 0.3 is 0 Å². The average molecular weight is 1270 g/mol. The summed E-state index contributed by atoms with van der Waals surface area (Å²) in [6.45, 7) is 10.0. The molecule has 7 rings (SSSR count). The van der Waals surface area contributed by atoms with Crippen LogP contribution < -0.4 is 18.9 Å². The Bertz CT molecular complexity index is 3430. The lowest BCUT2D eigenvalue weighted by molar-refractivity contribution is 0.0177. The Morgan fingerprint density at radius 1 is 0.301 bits per heavy atom. The normalized spacial score (nSPS) is 12.1. The van der Waals surface area contributed by atoms with E-state index in [4.69, 9.17) is 75.8 Å². The lowest BCUT2D eigenvalue weighted by Gasteiger charge is -2.14. The number of hydrogen-bond acceptors (Lipinski definition) is 18. The zero-order valence-corrected chi connectivity index (χ0v) is 53.8. The van der Waals surface area contributed by atoms with Gasteiger partial charge in [-0.2, -0.15) is 0 Å². The van der Waals surface area contributed by atoms with Crippen molar-refractivity contribution in [2.75, 3.05) is 187 Å². The van der Waals surface area contributed by atoms with E-state index in [1.54, 1.807) is 53.2 Å². The van der Waals surface area contributed by atoms with Crippen molar-refractivity contribution >= 4 is 5.57 Å². The Kier molecular flexibility index (Phi) is 34.9. The summed E-state index contributed by atoms with van der Waals surface area (Å²) >= 11 is 0. The van der Waals surface area contributed by atoms with Crippen LogP contribution in [0.25, 0.3) is 5.57 Å². The summed E-state index contributed by atoms with van der Waals surface area (Å²) < 4.78 is 90.9. The number of methoxy groups -OCH3 is 4.